The van der Waals surface area contributed by atoms with Gasteiger partial charge in [0, 0.05) is 33.2 Å². The topological polar surface area (TPSA) is 30.7 Å². The van der Waals surface area contributed by atoms with Gasteiger partial charge < -0.3 is 4.57 Å². The summed E-state index contributed by atoms with van der Waals surface area (Å²) < 4.78 is 2.41. The van der Waals surface area contributed by atoms with Crippen LogP contribution in [-0.4, -0.2) is 14.5 Å². The molecule has 0 radical (unpaired) electrons. The maximum Gasteiger partial charge on any atom is 0.160 e. The van der Waals surface area contributed by atoms with Crippen LogP contribution >= 0.6 is 0 Å². The Balaban J connectivity index is 1.04. The zero-order valence-electron chi connectivity index (χ0n) is 29.2. The van der Waals surface area contributed by atoms with Crippen LogP contribution < -0.4 is 0 Å². The molecule has 3 nitrogen and oxygen atoms in total. The van der Waals surface area contributed by atoms with Gasteiger partial charge >= 0.3 is 0 Å². The number of para-hydroxylation sites is 1. The first-order valence-electron chi connectivity index (χ1n) is 18.3. The molecule has 0 saturated heterocycles. The third kappa shape index (κ3) is 5.55. The largest absolute Gasteiger partial charge is 0.310 e. The second-order valence-electron chi connectivity index (χ2n) is 13.7. The lowest BCUT2D eigenvalue weighted by molar-refractivity contribution is 1.02. The van der Waals surface area contributed by atoms with E-state index in [1.54, 1.807) is 0 Å². The molecule has 0 aliphatic heterocycles. The van der Waals surface area contributed by atoms with Crippen molar-refractivity contribution in [3.05, 3.63) is 188 Å². The zero-order valence-corrected chi connectivity index (χ0v) is 29.2. The van der Waals surface area contributed by atoms with Gasteiger partial charge in [-0.25, -0.2) is 9.97 Å². The highest BCUT2D eigenvalue weighted by molar-refractivity contribution is 6.11. The maximum absolute atomic E-state index is 5.15. The molecule has 0 fully saturated rings. The minimum atomic E-state index is 0.719. The molecule has 0 saturated carbocycles. The molecule has 53 heavy (non-hydrogen) atoms. The Kier molecular flexibility index (Phi) is 7.62. The Bertz CT molecular complexity index is 2800. The van der Waals surface area contributed by atoms with Gasteiger partial charge in [-0.3, -0.25) is 0 Å². The molecule has 2 heterocycles. The summed E-state index contributed by atoms with van der Waals surface area (Å²) in [5.41, 5.74) is 13.5. The van der Waals surface area contributed by atoms with Gasteiger partial charge in [-0.05, 0) is 76.2 Å². The number of benzene rings is 7. The molecule has 0 amide bonds. The van der Waals surface area contributed by atoms with Gasteiger partial charge in [0.15, 0.2) is 5.82 Å². The molecule has 0 spiro atoms. The molecule has 3 heteroatoms. The molecule has 7 aromatic carbocycles. The smallest absolute Gasteiger partial charge is 0.160 e. The van der Waals surface area contributed by atoms with Gasteiger partial charge in [-0.1, -0.05) is 158 Å². The van der Waals surface area contributed by atoms with Crippen LogP contribution in [0.15, 0.2) is 188 Å². The first kappa shape index (κ1) is 30.9. The number of allylic oxidation sites excluding steroid dienone is 4. The molecular weight excluding hydrogens is 643 g/mol. The fourth-order valence-corrected chi connectivity index (χ4v) is 7.87. The lowest BCUT2D eigenvalue weighted by Crippen LogP contribution is -1.96. The summed E-state index contributed by atoms with van der Waals surface area (Å²) in [4.78, 5) is 10.2. The number of nitrogens with zero attached hydrogens (tertiary/aromatic N) is 3. The van der Waals surface area contributed by atoms with Crippen LogP contribution in [0.2, 0.25) is 0 Å². The summed E-state index contributed by atoms with van der Waals surface area (Å²) >= 11 is 0. The lowest BCUT2D eigenvalue weighted by Gasteiger charge is -2.14. The van der Waals surface area contributed by atoms with E-state index in [1.165, 1.54) is 55.1 Å². The van der Waals surface area contributed by atoms with E-state index < -0.39 is 0 Å². The Hall–Kier alpha value is -6.84. The predicted octanol–water partition coefficient (Wildman–Crippen LogP) is 13.3. The second kappa shape index (κ2) is 13.0. The summed E-state index contributed by atoms with van der Waals surface area (Å²) in [6.07, 6.45) is 9.07. The van der Waals surface area contributed by atoms with E-state index in [-0.39, 0.29) is 0 Å². The van der Waals surface area contributed by atoms with Crippen molar-refractivity contribution < 1.29 is 0 Å². The molecule has 1 aliphatic rings. The van der Waals surface area contributed by atoms with Crippen LogP contribution in [-0.2, 0) is 0 Å². The Morgan fingerprint density at radius 3 is 1.75 bits per heavy atom. The highest BCUT2D eigenvalue weighted by Gasteiger charge is 2.17. The summed E-state index contributed by atoms with van der Waals surface area (Å²) in [6.45, 7) is 0. The van der Waals surface area contributed by atoms with Gasteiger partial charge in [0.05, 0.1) is 22.4 Å². The molecule has 1 aliphatic carbocycles. The summed E-state index contributed by atoms with van der Waals surface area (Å²) in [5, 5.41) is 4.91. The normalized spacial score (nSPS) is 12.8. The van der Waals surface area contributed by atoms with Crippen molar-refractivity contribution in [2.75, 3.05) is 0 Å². The third-order valence-electron chi connectivity index (χ3n) is 10.5. The number of rotatable bonds is 6. The molecule has 0 N–H and O–H groups in total. The Labute approximate surface area is 308 Å². The minimum absolute atomic E-state index is 0.719. The van der Waals surface area contributed by atoms with Crippen molar-refractivity contribution >= 4 is 38.3 Å². The van der Waals surface area contributed by atoms with E-state index in [9.17, 15) is 0 Å². The Morgan fingerprint density at radius 1 is 0.396 bits per heavy atom. The average molecular weight is 678 g/mol. The molecule has 250 valence electrons. The molecule has 0 bridgehead atoms. The molecule has 9 aromatic rings. The molecular formula is C50H35N3. The van der Waals surface area contributed by atoms with E-state index in [4.69, 9.17) is 9.97 Å². The van der Waals surface area contributed by atoms with Crippen molar-refractivity contribution in [3.63, 3.8) is 0 Å². The minimum Gasteiger partial charge on any atom is -0.310 e. The predicted molar refractivity (Wildman–Crippen MR) is 222 cm³/mol. The van der Waals surface area contributed by atoms with Crippen LogP contribution in [0.3, 0.4) is 0 Å². The number of fused-ring (bicyclic) bond motifs is 4. The van der Waals surface area contributed by atoms with Crippen molar-refractivity contribution in [1.29, 1.82) is 0 Å². The van der Waals surface area contributed by atoms with Crippen LogP contribution in [0.4, 0.5) is 0 Å². The van der Waals surface area contributed by atoms with Crippen LogP contribution in [0.25, 0.3) is 94.4 Å². The van der Waals surface area contributed by atoms with E-state index in [0.29, 0.717) is 0 Å². The molecule has 0 atom stereocenters. The van der Waals surface area contributed by atoms with Crippen molar-refractivity contribution in [3.8, 4) is 56.2 Å². The van der Waals surface area contributed by atoms with Gasteiger partial charge in [0.1, 0.15) is 0 Å². The summed E-state index contributed by atoms with van der Waals surface area (Å²) in [7, 11) is 0. The van der Waals surface area contributed by atoms with E-state index >= 15 is 0 Å². The number of aromatic nitrogens is 3. The monoisotopic (exact) mass is 677 g/mol. The summed E-state index contributed by atoms with van der Waals surface area (Å²) in [6, 6.07) is 60.5. The quantitative estimate of drug-likeness (QED) is 0.175. The van der Waals surface area contributed by atoms with E-state index in [0.717, 1.165) is 52.1 Å². The highest BCUT2D eigenvalue weighted by Crippen LogP contribution is 2.39. The second-order valence-corrected chi connectivity index (χ2v) is 13.7. The first-order chi connectivity index (χ1) is 26.3. The van der Waals surface area contributed by atoms with E-state index in [1.807, 2.05) is 24.3 Å². The van der Waals surface area contributed by atoms with Crippen molar-refractivity contribution in [1.82, 2.24) is 14.5 Å². The van der Waals surface area contributed by atoms with Crippen LogP contribution in [0.5, 0.6) is 0 Å². The molecule has 0 unspecified atom stereocenters. The highest BCUT2D eigenvalue weighted by atomic mass is 15.0. The van der Waals surface area contributed by atoms with Gasteiger partial charge in [0.2, 0.25) is 0 Å². The lowest BCUT2D eigenvalue weighted by atomic mass is 9.92. The van der Waals surface area contributed by atoms with Crippen LogP contribution in [0.1, 0.15) is 12.8 Å². The summed E-state index contributed by atoms with van der Waals surface area (Å²) in [5.74, 6) is 0.719. The fourth-order valence-electron chi connectivity index (χ4n) is 7.87. The number of hydrogen-bond acceptors (Lipinski definition) is 2. The first-order valence-corrected chi connectivity index (χ1v) is 18.3. The molecule has 2 aromatic heterocycles. The number of hydrogen-bond donors (Lipinski definition) is 0. The zero-order chi connectivity index (χ0) is 35.1. The standard InChI is InChI=1S/C50H35N3/c1-4-14-36(15-5-1)46-33-47(52-50(51-46)37-16-6-2-7-17-37)43-30-29-40(41-20-10-11-21-42(41)43)35-26-24-34(25-27-35)38-28-31-49-45(32-38)44-22-12-13-23-48(44)53(49)39-18-8-3-9-19-39/h1-2,4-8,10-33H,3,9H2. The fraction of sp³-hybridized carbons (Fsp3) is 0.0400. The Morgan fingerprint density at radius 2 is 1.00 bits per heavy atom. The average Bonchev–Trinajstić information content (AvgIpc) is 3.58. The van der Waals surface area contributed by atoms with Gasteiger partial charge in [-0.15, -0.1) is 0 Å². The SMILES string of the molecule is C1=CC(n2c3ccccc3c3cc(-c4ccc(-c5ccc(-c6cc(-c7ccccc7)nc(-c7ccccc7)n6)c6ccccc56)cc4)ccc32)=CCC1. The van der Waals surface area contributed by atoms with Crippen molar-refractivity contribution in [2.24, 2.45) is 0 Å². The van der Waals surface area contributed by atoms with Gasteiger partial charge in [0.25, 0.3) is 0 Å². The maximum atomic E-state index is 5.15. The third-order valence-corrected chi connectivity index (χ3v) is 10.5. The van der Waals surface area contributed by atoms with E-state index in [2.05, 4.69) is 168 Å². The van der Waals surface area contributed by atoms with Crippen LogP contribution in [0, 0.1) is 0 Å². The van der Waals surface area contributed by atoms with Crippen molar-refractivity contribution in [2.45, 2.75) is 12.8 Å². The molecule has 10 rings (SSSR count). The van der Waals surface area contributed by atoms with Gasteiger partial charge in [-0.2, -0.15) is 0 Å².